The predicted octanol–water partition coefficient (Wildman–Crippen LogP) is 2.22. The Labute approximate surface area is 111 Å². The molecule has 0 aliphatic heterocycles. The summed E-state index contributed by atoms with van der Waals surface area (Å²) in [4.78, 5) is 23.6. The molecule has 0 atom stereocenters. The molecule has 0 aliphatic carbocycles. The summed E-state index contributed by atoms with van der Waals surface area (Å²) in [5, 5.41) is 0. The second-order valence-corrected chi connectivity index (χ2v) is 3.65. The highest BCUT2D eigenvalue weighted by molar-refractivity contribution is 5.91. The van der Waals surface area contributed by atoms with Gasteiger partial charge in [0.1, 0.15) is 12.0 Å². The molecule has 1 aromatic carbocycles. The molecule has 0 bridgehead atoms. The Morgan fingerprint density at radius 1 is 1.25 bits per heavy atom. The first-order valence-electron chi connectivity index (χ1n) is 5.37. The number of nitrogens with zero attached hydrogens (tertiary/aromatic N) is 2. The van der Waals surface area contributed by atoms with Crippen LogP contribution in [-0.4, -0.2) is 15.9 Å². The van der Waals surface area contributed by atoms with E-state index in [2.05, 4.69) is 9.97 Å². The third-order valence-electron chi connectivity index (χ3n) is 2.24. The monoisotopic (exact) mass is 283 g/mol. The van der Waals surface area contributed by atoms with E-state index in [4.69, 9.17) is 4.84 Å². The van der Waals surface area contributed by atoms with Gasteiger partial charge in [-0.15, -0.1) is 0 Å². The first-order valence-corrected chi connectivity index (χ1v) is 5.37. The van der Waals surface area contributed by atoms with Crippen LogP contribution in [0, 0.1) is 0 Å². The molecule has 0 radical (unpaired) electrons. The summed E-state index contributed by atoms with van der Waals surface area (Å²) in [6.45, 7) is 0. The normalized spacial score (nSPS) is 10.9. The maximum atomic E-state index is 12.5. The quantitative estimate of drug-likeness (QED) is 0.877. The minimum atomic E-state index is -4.48. The van der Waals surface area contributed by atoms with Gasteiger partial charge in [0.2, 0.25) is 0 Å². The lowest BCUT2D eigenvalue weighted by Crippen LogP contribution is -2.27. The summed E-state index contributed by atoms with van der Waals surface area (Å²) < 4.78 is 37.4. The van der Waals surface area contributed by atoms with Crippen molar-refractivity contribution in [1.29, 1.82) is 0 Å². The van der Waals surface area contributed by atoms with E-state index >= 15 is 0 Å². The third kappa shape index (κ3) is 3.44. The van der Waals surface area contributed by atoms with E-state index in [-0.39, 0.29) is 11.4 Å². The van der Waals surface area contributed by atoms with Gasteiger partial charge in [0.15, 0.2) is 5.75 Å². The minimum Gasteiger partial charge on any atom is -0.379 e. The Bertz CT molecular complexity index is 602. The smallest absolute Gasteiger partial charge is 0.379 e. The molecule has 0 saturated heterocycles. The molecule has 0 fully saturated rings. The lowest BCUT2D eigenvalue weighted by Gasteiger charge is -2.09. The number of aromatic nitrogens is 2. The van der Waals surface area contributed by atoms with E-state index in [0.29, 0.717) is 0 Å². The number of amides is 1. The van der Waals surface area contributed by atoms with Crippen LogP contribution < -0.4 is 10.3 Å². The van der Waals surface area contributed by atoms with Gasteiger partial charge in [-0.3, -0.25) is 4.79 Å². The molecule has 1 heterocycles. The van der Waals surface area contributed by atoms with Crippen molar-refractivity contribution in [3.05, 3.63) is 54.1 Å². The lowest BCUT2D eigenvalue weighted by molar-refractivity contribution is -0.137. The summed E-state index contributed by atoms with van der Waals surface area (Å²) >= 11 is 0. The summed E-state index contributed by atoms with van der Waals surface area (Å²) in [6.07, 6.45) is -1.96. The molecule has 20 heavy (non-hydrogen) atoms. The van der Waals surface area contributed by atoms with Gasteiger partial charge in [0.25, 0.3) is 0 Å². The Balaban J connectivity index is 2.03. The summed E-state index contributed by atoms with van der Waals surface area (Å²) in [6, 6.07) is 5.48. The lowest BCUT2D eigenvalue weighted by atomic mass is 10.2. The Morgan fingerprint density at radius 2 is 2.05 bits per heavy atom. The van der Waals surface area contributed by atoms with E-state index in [1.165, 1.54) is 30.7 Å². The van der Waals surface area contributed by atoms with Crippen LogP contribution >= 0.6 is 0 Å². The molecule has 2 rings (SSSR count). The number of hydrogen-bond donors (Lipinski definition) is 1. The summed E-state index contributed by atoms with van der Waals surface area (Å²) in [7, 11) is 0. The van der Waals surface area contributed by atoms with E-state index in [9.17, 15) is 18.0 Å². The Kier molecular flexibility index (Phi) is 3.83. The Hall–Kier alpha value is -2.64. The number of rotatable bonds is 3. The molecular formula is C12H8F3N3O2. The van der Waals surface area contributed by atoms with Crippen molar-refractivity contribution in [3.8, 4) is 5.75 Å². The zero-order valence-corrected chi connectivity index (χ0v) is 9.89. The largest absolute Gasteiger partial charge is 0.416 e. The summed E-state index contributed by atoms with van der Waals surface area (Å²) in [5.74, 6) is -0.827. The van der Waals surface area contributed by atoms with Gasteiger partial charge in [0, 0.05) is 6.20 Å². The molecule has 8 heteroatoms. The molecule has 0 spiro atoms. The maximum Gasteiger partial charge on any atom is 0.416 e. The molecule has 1 aromatic heterocycles. The van der Waals surface area contributed by atoms with Gasteiger partial charge in [0.05, 0.1) is 5.56 Å². The van der Waals surface area contributed by atoms with E-state index in [1.54, 1.807) is 0 Å². The van der Waals surface area contributed by atoms with Gasteiger partial charge < -0.3 is 4.84 Å². The van der Waals surface area contributed by atoms with Gasteiger partial charge in [-0.25, -0.2) is 9.97 Å². The highest BCUT2D eigenvalue weighted by atomic mass is 19.4. The zero-order chi connectivity index (χ0) is 14.6. The average molecular weight is 283 g/mol. The fourth-order valence-corrected chi connectivity index (χ4v) is 1.32. The van der Waals surface area contributed by atoms with Crippen LogP contribution in [0.1, 0.15) is 16.1 Å². The number of carbonyl (C=O) groups is 1. The standard InChI is InChI=1S/C12H8F3N3O2/c13-12(14,15)8-2-1-3-9(6-8)20-18-11(19)10-4-5-16-7-17-10/h1-7H,(H,18,19). The number of nitrogens with one attached hydrogen (secondary N) is 1. The van der Waals surface area contributed by atoms with Crippen molar-refractivity contribution < 1.29 is 22.8 Å². The Morgan fingerprint density at radius 3 is 2.70 bits per heavy atom. The van der Waals surface area contributed by atoms with Crippen molar-refractivity contribution in [3.63, 3.8) is 0 Å². The molecule has 1 amide bonds. The van der Waals surface area contributed by atoms with Gasteiger partial charge in [-0.05, 0) is 24.3 Å². The second-order valence-electron chi connectivity index (χ2n) is 3.65. The molecule has 5 nitrogen and oxygen atoms in total. The topological polar surface area (TPSA) is 64.1 Å². The minimum absolute atomic E-state index is 0.0342. The van der Waals surface area contributed by atoms with Crippen molar-refractivity contribution in [2.45, 2.75) is 6.18 Å². The number of halogens is 3. The fourth-order valence-electron chi connectivity index (χ4n) is 1.32. The van der Waals surface area contributed by atoms with Crippen molar-refractivity contribution in [2.75, 3.05) is 0 Å². The fraction of sp³-hybridized carbons (Fsp3) is 0.0833. The molecule has 0 unspecified atom stereocenters. The summed E-state index contributed by atoms with van der Waals surface area (Å²) in [5.41, 5.74) is 1.16. The predicted molar refractivity (Wildman–Crippen MR) is 61.6 cm³/mol. The van der Waals surface area contributed by atoms with Gasteiger partial charge >= 0.3 is 12.1 Å². The van der Waals surface area contributed by atoms with Crippen molar-refractivity contribution in [1.82, 2.24) is 15.4 Å². The molecule has 0 saturated carbocycles. The van der Waals surface area contributed by atoms with Gasteiger partial charge in [-0.1, -0.05) is 6.07 Å². The molecular weight excluding hydrogens is 275 g/mol. The van der Waals surface area contributed by atoms with Crippen molar-refractivity contribution >= 4 is 5.91 Å². The first kappa shape index (κ1) is 13.8. The van der Waals surface area contributed by atoms with Crippen LogP contribution in [0.3, 0.4) is 0 Å². The maximum absolute atomic E-state index is 12.5. The molecule has 1 N–H and O–H groups in total. The second kappa shape index (κ2) is 5.55. The van der Waals surface area contributed by atoms with Crippen LogP contribution in [0.4, 0.5) is 13.2 Å². The van der Waals surface area contributed by atoms with Crippen LogP contribution in [0.5, 0.6) is 5.75 Å². The third-order valence-corrected chi connectivity index (χ3v) is 2.24. The molecule has 104 valence electrons. The van der Waals surface area contributed by atoms with Crippen LogP contribution in [0.25, 0.3) is 0 Å². The van der Waals surface area contributed by atoms with Crippen LogP contribution in [0.15, 0.2) is 42.9 Å². The highest BCUT2D eigenvalue weighted by Crippen LogP contribution is 2.31. The number of hydroxylamine groups is 1. The molecule has 0 aliphatic rings. The van der Waals surface area contributed by atoms with Crippen LogP contribution in [-0.2, 0) is 6.18 Å². The average Bonchev–Trinajstić information content (AvgIpc) is 2.45. The molecule has 2 aromatic rings. The van der Waals surface area contributed by atoms with Crippen LogP contribution in [0.2, 0.25) is 0 Å². The number of benzene rings is 1. The zero-order valence-electron chi connectivity index (χ0n) is 9.89. The SMILES string of the molecule is O=C(NOc1cccc(C(F)(F)F)c1)c1ccncn1. The number of alkyl halides is 3. The van der Waals surface area contributed by atoms with Gasteiger partial charge in [-0.2, -0.15) is 18.7 Å². The highest BCUT2D eigenvalue weighted by Gasteiger charge is 2.30. The number of hydrogen-bond acceptors (Lipinski definition) is 4. The van der Waals surface area contributed by atoms with E-state index in [0.717, 1.165) is 12.1 Å². The van der Waals surface area contributed by atoms with Crippen molar-refractivity contribution in [2.24, 2.45) is 0 Å². The first-order chi connectivity index (χ1) is 9.47. The van der Waals surface area contributed by atoms with E-state index in [1.807, 2.05) is 5.48 Å². The van der Waals surface area contributed by atoms with E-state index < -0.39 is 17.6 Å². The number of carbonyl (C=O) groups excluding carboxylic acids is 1.